The number of rotatable bonds is 6. The molecule has 0 bridgehead atoms. The zero-order valence-electron chi connectivity index (χ0n) is 15.8. The summed E-state index contributed by atoms with van der Waals surface area (Å²) in [4.78, 5) is 18.7. The van der Waals surface area contributed by atoms with Crippen LogP contribution < -0.4 is 4.74 Å². The van der Waals surface area contributed by atoms with Crippen LogP contribution in [0, 0.1) is 0 Å². The van der Waals surface area contributed by atoms with Crippen LogP contribution in [0.1, 0.15) is 23.0 Å². The van der Waals surface area contributed by atoms with Crippen LogP contribution in [0.3, 0.4) is 0 Å². The minimum Gasteiger partial charge on any atom is -0.497 e. The number of methoxy groups -OCH3 is 1. The summed E-state index contributed by atoms with van der Waals surface area (Å²) in [6.45, 7) is 2.07. The van der Waals surface area contributed by atoms with Crippen molar-refractivity contribution in [2.24, 2.45) is 0 Å². The van der Waals surface area contributed by atoms with Gasteiger partial charge in [0.25, 0.3) is 0 Å². The molecule has 2 aromatic heterocycles. The van der Waals surface area contributed by atoms with Crippen molar-refractivity contribution in [3.05, 3.63) is 54.1 Å². The number of fused-ring (bicyclic) bond motifs is 1. The lowest BCUT2D eigenvalue weighted by Gasteiger charge is -2.10. The highest BCUT2D eigenvalue weighted by atomic mass is 16.5. The summed E-state index contributed by atoms with van der Waals surface area (Å²) in [5.41, 5.74) is 3.41. The third-order valence-electron chi connectivity index (χ3n) is 3.97. The lowest BCUT2D eigenvalue weighted by molar-refractivity contribution is 0.0525. The second-order valence-corrected chi connectivity index (χ2v) is 6.08. The Morgan fingerprint density at radius 3 is 2.81 bits per heavy atom. The first-order valence-corrected chi connectivity index (χ1v) is 8.58. The molecule has 0 saturated heterocycles. The van der Waals surface area contributed by atoms with Crippen molar-refractivity contribution in [1.29, 1.82) is 0 Å². The van der Waals surface area contributed by atoms with E-state index in [1.165, 1.54) is 6.20 Å². The van der Waals surface area contributed by atoms with Gasteiger partial charge in [-0.3, -0.25) is 0 Å². The summed E-state index contributed by atoms with van der Waals surface area (Å²) >= 11 is 0. The lowest BCUT2D eigenvalue weighted by Crippen LogP contribution is -2.12. The quantitative estimate of drug-likeness (QED) is 0.625. The number of ether oxygens (including phenoxy) is 2. The van der Waals surface area contributed by atoms with Crippen LogP contribution in [0.4, 0.5) is 0 Å². The van der Waals surface area contributed by atoms with E-state index in [9.17, 15) is 4.79 Å². The number of carbonyl (C=O) groups is 1. The number of aromatic nitrogens is 3. The molecule has 0 aliphatic heterocycles. The van der Waals surface area contributed by atoms with Crippen molar-refractivity contribution in [3.63, 3.8) is 0 Å². The second-order valence-electron chi connectivity index (χ2n) is 6.08. The van der Waals surface area contributed by atoms with Crippen molar-refractivity contribution in [2.75, 3.05) is 27.8 Å². The average Bonchev–Trinajstić information content (AvgIpc) is 3.10. The largest absolute Gasteiger partial charge is 0.497 e. The predicted octanol–water partition coefficient (Wildman–Crippen LogP) is 3.11. The van der Waals surface area contributed by atoms with Gasteiger partial charge < -0.3 is 14.4 Å². The van der Waals surface area contributed by atoms with E-state index >= 15 is 0 Å². The Labute approximate surface area is 157 Å². The first kappa shape index (κ1) is 18.4. The van der Waals surface area contributed by atoms with E-state index in [0.717, 1.165) is 16.9 Å². The monoisotopic (exact) mass is 366 g/mol. The lowest BCUT2D eigenvalue weighted by atomic mass is 10.1. The van der Waals surface area contributed by atoms with Gasteiger partial charge in [0, 0.05) is 32.1 Å². The molecule has 0 aliphatic rings. The van der Waals surface area contributed by atoms with Crippen molar-refractivity contribution < 1.29 is 14.3 Å². The standard InChI is InChI=1S/C20H22N4O3/c1-5-27-20(25)17-12-21-19-16(14-7-6-8-15(11-14)26-4)13-22-24(19)18(17)9-10-23(2)3/h6-13H,5H2,1-4H3/b10-9+. The summed E-state index contributed by atoms with van der Waals surface area (Å²) in [6.07, 6.45) is 6.95. The van der Waals surface area contributed by atoms with Crippen LogP contribution >= 0.6 is 0 Å². The second kappa shape index (κ2) is 7.90. The molecule has 0 radical (unpaired) electrons. The molecule has 0 aliphatic carbocycles. The Hall–Kier alpha value is -3.35. The van der Waals surface area contributed by atoms with E-state index in [1.807, 2.05) is 55.5 Å². The van der Waals surface area contributed by atoms with Crippen LogP contribution in [0.5, 0.6) is 5.75 Å². The first-order valence-electron chi connectivity index (χ1n) is 8.58. The predicted molar refractivity (Wildman–Crippen MR) is 104 cm³/mol. The Morgan fingerprint density at radius 2 is 2.11 bits per heavy atom. The van der Waals surface area contributed by atoms with E-state index in [4.69, 9.17) is 9.47 Å². The van der Waals surface area contributed by atoms with Crippen LogP contribution in [0.2, 0.25) is 0 Å². The normalized spacial score (nSPS) is 11.1. The molecule has 0 spiro atoms. The van der Waals surface area contributed by atoms with Crippen molar-refractivity contribution in [3.8, 4) is 16.9 Å². The molecule has 3 aromatic rings. The molecule has 0 fully saturated rings. The fourth-order valence-corrected chi connectivity index (χ4v) is 2.69. The van der Waals surface area contributed by atoms with Gasteiger partial charge in [-0.05, 0) is 30.7 Å². The molecule has 0 amide bonds. The number of nitrogens with zero attached hydrogens (tertiary/aromatic N) is 4. The molecule has 0 atom stereocenters. The van der Waals surface area contributed by atoms with Crippen LogP contribution in [-0.2, 0) is 4.74 Å². The fraction of sp³-hybridized carbons (Fsp3) is 0.250. The van der Waals surface area contributed by atoms with E-state index in [0.29, 0.717) is 23.5 Å². The van der Waals surface area contributed by atoms with Crippen molar-refractivity contribution in [1.82, 2.24) is 19.5 Å². The summed E-state index contributed by atoms with van der Waals surface area (Å²) in [5, 5.41) is 4.47. The highest BCUT2D eigenvalue weighted by Gasteiger charge is 2.18. The number of esters is 1. The Morgan fingerprint density at radius 1 is 1.30 bits per heavy atom. The molecule has 140 valence electrons. The third kappa shape index (κ3) is 3.76. The number of hydrogen-bond acceptors (Lipinski definition) is 6. The summed E-state index contributed by atoms with van der Waals surface area (Å²) in [5.74, 6) is 0.325. The van der Waals surface area contributed by atoms with E-state index < -0.39 is 5.97 Å². The first-order chi connectivity index (χ1) is 13.0. The molecular formula is C20H22N4O3. The van der Waals surface area contributed by atoms with Gasteiger partial charge in [-0.1, -0.05) is 12.1 Å². The van der Waals surface area contributed by atoms with Gasteiger partial charge >= 0.3 is 5.97 Å². The third-order valence-corrected chi connectivity index (χ3v) is 3.97. The van der Waals surface area contributed by atoms with Gasteiger partial charge in [0.05, 0.1) is 25.6 Å². The zero-order chi connectivity index (χ0) is 19.4. The summed E-state index contributed by atoms with van der Waals surface area (Å²) < 4.78 is 12.1. The van der Waals surface area contributed by atoms with Gasteiger partial charge in [0.2, 0.25) is 0 Å². The molecule has 2 heterocycles. The van der Waals surface area contributed by atoms with Gasteiger partial charge in [0.1, 0.15) is 11.3 Å². The average molecular weight is 366 g/mol. The fourth-order valence-electron chi connectivity index (χ4n) is 2.69. The maximum Gasteiger partial charge on any atom is 0.341 e. The maximum atomic E-state index is 12.3. The SMILES string of the molecule is CCOC(=O)c1cnc2c(-c3cccc(OC)c3)cnn2c1/C=C/N(C)C. The highest BCUT2D eigenvalue weighted by molar-refractivity contribution is 5.93. The topological polar surface area (TPSA) is 69.0 Å². The number of hydrogen-bond donors (Lipinski definition) is 0. The molecule has 0 N–H and O–H groups in total. The molecule has 3 rings (SSSR count). The van der Waals surface area contributed by atoms with Gasteiger partial charge in [0.15, 0.2) is 5.65 Å². The smallest absolute Gasteiger partial charge is 0.341 e. The summed E-state index contributed by atoms with van der Waals surface area (Å²) in [6, 6.07) is 7.69. The molecular weight excluding hydrogens is 344 g/mol. The van der Waals surface area contributed by atoms with Crippen molar-refractivity contribution >= 4 is 17.7 Å². The molecule has 0 saturated carbocycles. The minimum absolute atomic E-state index is 0.294. The molecule has 7 heteroatoms. The maximum absolute atomic E-state index is 12.3. The van der Waals surface area contributed by atoms with Gasteiger partial charge in [-0.15, -0.1) is 0 Å². The zero-order valence-corrected chi connectivity index (χ0v) is 15.8. The van der Waals surface area contributed by atoms with E-state index in [1.54, 1.807) is 24.7 Å². The molecule has 27 heavy (non-hydrogen) atoms. The molecule has 7 nitrogen and oxygen atoms in total. The van der Waals surface area contributed by atoms with Crippen LogP contribution in [-0.4, -0.2) is 53.3 Å². The number of carbonyl (C=O) groups excluding carboxylic acids is 1. The van der Waals surface area contributed by atoms with Gasteiger partial charge in [-0.25, -0.2) is 14.3 Å². The number of benzene rings is 1. The van der Waals surface area contributed by atoms with Gasteiger partial charge in [-0.2, -0.15) is 5.10 Å². The molecule has 0 unspecified atom stereocenters. The van der Waals surface area contributed by atoms with E-state index in [-0.39, 0.29) is 0 Å². The minimum atomic E-state index is -0.427. The Balaban J connectivity index is 2.19. The van der Waals surface area contributed by atoms with Crippen LogP contribution in [0.15, 0.2) is 42.9 Å². The van der Waals surface area contributed by atoms with Crippen molar-refractivity contribution in [2.45, 2.75) is 6.92 Å². The summed E-state index contributed by atoms with van der Waals surface area (Å²) in [7, 11) is 5.44. The highest BCUT2D eigenvalue weighted by Crippen LogP contribution is 2.28. The van der Waals surface area contributed by atoms with Crippen LogP contribution in [0.25, 0.3) is 22.9 Å². The Kier molecular flexibility index (Phi) is 5.40. The molecule has 1 aromatic carbocycles. The Bertz CT molecular complexity index is 992. The van der Waals surface area contributed by atoms with E-state index in [2.05, 4.69) is 10.1 Å².